The Kier molecular flexibility index (Phi) is 5.35. The normalized spacial score (nSPS) is 10.7. The van der Waals surface area contributed by atoms with Gasteiger partial charge in [-0.25, -0.2) is 19.3 Å². The Morgan fingerprint density at radius 1 is 1.19 bits per heavy atom. The van der Waals surface area contributed by atoms with Crippen LogP contribution in [0.25, 0.3) is 11.2 Å². The third kappa shape index (κ3) is 3.26. The molecule has 0 unspecified atom stereocenters. The Morgan fingerprint density at radius 3 is 2.42 bits per heavy atom. The Hall–Kier alpha value is -3.28. The van der Waals surface area contributed by atoms with Gasteiger partial charge in [0.15, 0.2) is 17.0 Å². The number of imidazole rings is 2. The van der Waals surface area contributed by atoms with E-state index < -0.39 is 4.92 Å². The molecule has 26 heavy (non-hydrogen) atoms. The number of hydrogen-bond acceptors (Lipinski definition) is 7. The van der Waals surface area contributed by atoms with Gasteiger partial charge in [0, 0.05) is 28.1 Å². The van der Waals surface area contributed by atoms with Gasteiger partial charge in [0.25, 0.3) is 5.56 Å². The Morgan fingerprint density at radius 2 is 1.85 bits per heavy atom. The lowest BCUT2D eigenvalue weighted by Gasteiger charge is -2.02. The molecule has 0 aromatic carbocycles. The van der Waals surface area contributed by atoms with Gasteiger partial charge in [-0.2, -0.15) is 0 Å². The second-order valence-corrected chi connectivity index (χ2v) is 5.53. The number of aliphatic hydroxyl groups is 1. The highest BCUT2D eigenvalue weighted by Gasteiger charge is 2.15. The monoisotopic (exact) mass is 365 g/mol. The highest BCUT2D eigenvalue weighted by molar-refractivity contribution is 5.69. The van der Waals surface area contributed by atoms with E-state index in [1.54, 1.807) is 25.6 Å². The summed E-state index contributed by atoms with van der Waals surface area (Å²) in [7, 11) is 4.77. The zero-order chi connectivity index (χ0) is 19.6. The van der Waals surface area contributed by atoms with Crippen molar-refractivity contribution < 1.29 is 10.0 Å². The summed E-state index contributed by atoms with van der Waals surface area (Å²) in [6, 6.07) is 0. The van der Waals surface area contributed by atoms with E-state index in [2.05, 4.69) is 9.97 Å². The fraction of sp³-hybridized carbons (Fsp3) is 0.429. The molecule has 0 spiro atoms. The van der Waals surface area contributed by atoms with Crippen LogP contribution in [0.15, 0.2) is 22.1 Å². The van der Waals surface area contributed by atoms with Crippen LogP contribution >= 0.6 is 0 Å². The summed E-state index contributed by atoms with van der Waals surface area (Å²) in [6.07, 6.45) is 2.70. The van der Waals surface area contributed by atoms with Crippen LogP contribution in [-0.2, 0) is 27.7 Å². The number of aliphatic hydroxyl groups excluding tert-OH is 1. The molecule has 0 saturated heterocycles. The number of aryl methyl sites for hydroxylation is 3. The molecule has 0 amide bonds. The standard InChI is InChI=1S/C8H10N4O2.C6H9N3O3/c1-10-4-9-6-5(10)7(13)12(3)8(14)11(6)2;1-5-7-4-6(9(11)12)8(5)2-3-10/h4H,1-3H3;4,10H,2-3H2,1H3. The van der Waals surface area contributed by atoms with E-state index in [1.807, 2.05) is 0 Å². The van der Waals surface area contributed by atoms with Crippen molar-refractivity contribution >= 4 is 17.0 Å². The van der Waals surface area contributed by atoms with E-state index in [-0.39, 0.29) is 30.2 Å². The first-order chi connectivity index (χ1) is 12.2. The SMILES string of the molecule is Cc1ncc([N+](=O)[O-])n1CCO.Cn1c(=O)c2c(ncn2C)n(C)c1=O. The minimum atomic E-state index is -0.518. The fourth-order valence-corrected chi connectivity index (χ4v) is 2.45. The summed E-state index contributed by atoms with van der Waals surface area (Å²) in [6.45, 7) is 1.74. The number of nitrogens with zero attached hydrogens (tertiary/aromatic N) is 7. The van der Waals surface area contributed by atoms with Crippen molar-refractivity contribution in [2.75, 3.05) is 6.61 Å². The van der Waals surface area contributed by atoms with Crippen molar-refractivity contribution in [3.05, 3.63) is 49.3 Å². The molecule has 3 heterocycles. The van der Waals surface area contributed by atoms with Crippen LogP contribution in [0, 0.1) is 17.0 Å². The molecule has 0 aliphatic heterocycles. The number of rotatable bonds is 3. The smallest absolute Gasteiger partial charge is 0.342 e. The van der Waals surface area contributed by atoms with Crippen LogP contribution < -0.4 is 11.2 Å². The third-order valence-electron chi connectivity index (χ3n) is 3.86. The van der Waals surface area contributed by atoms with E-state index in [9.17, 15) is 19.7 Å². The largest absolute Gasteiger partial charge is 0.392 e. The predicted octanol–water partition coefficient (Wildman–Crippen LogP) is -0.937. The van der Waals surface area contributed by atoms with Crippen LogP contribution in [0.3, 0.4) is 0 Å². The van der Waals surface area contributed by atoms with Crippen LogP contribution in [0.5, 0.6) is 0 Å². The summed E-state index contributed by atoms with van der Waals surface area (Å²) in [5.41, 5.74) is 0.180. The second kappa shape index (κ2) is 7.31. The van der Waals surface area contributed by atoms with Crippen molar-refractivity contribution in [1.82, 2.24) is 28.2 Å². The Labute approximate surface area is 146 Å². The quantitative estimate of drug-likeness (QED) is 0.466. The maximum Gasteiger partial charge on any atom is 0.342 e. The molecular formula is C14H19N7O5. The first kappa shape index (κ1) is 19.1. The summed E-state index contributed by atoms with van der Waals surface area (Å²) < 4.78 is 5.40. The first-order valence-corrected chi connectivity index (χ1v) is 7.55. The zero-order valence-corrected chi connectivity index (χ0v) is 14.8. The van der Waals surface area contributed by atoms with E-state index >= 15 is 0 Å². The van der Waals surface area contributed by atoms with Gasteiger partial charge in [0.1, 0.15) is 12.7 Å². The summed E-state index contributed by atoms with van der Waals surface area (Å²) in [5, 5.41) is 19.0. The molecule has 0 aliphatic carbocycles. The molecule has 12 heteroatoms. The van der Waals surface area contributed by atoms with Crippen molar-refractivity contribution in [3.8, 4) is 0 Å². The maximum absolute atomic E-state index is 11.7. The minimum absolute atomic E-state index is 0.0819. The summed E-state index contributed by atoms with van der Waals surface area (Å²) in [5.74, 6) is 0.456. The molecule has 0 saturated carbocycles. The number of aromatic nitrogens is 6. The van der Waals surface area contributed by atoms with Crippen LogP contribution in [0.1, 0.15) is 5.82 Å². The number of nitro groups is 1. The van der Waals surface area contributed by atoms with Crippen LogP contribution in [-0.4, -0.2) is 44.9 Å². The predicted molar refractivity (Wildman–Crippen MR) is 91.9 cm³/mol. The molecule has 140 valence electrons. The van der Waals surface area contributed by atoms with Crippen molar-refractivity contribution in [2.45, 2.75) is 13.5 Å². The molecule has 3 rings (SSSR count). The van der Waals surface area contributed by atoms with Crippen molar-refractivity contribution in [1.29, 1.82) is 0 Å². The number of fused-ring (bicyclic) bond motifs is 1. The highest BCUT2D eigenvalue weighted by atomic mass is 16.6. The summed E-state index contributed by atoms with van der Waals surface area (Å²) in [4.78, 5) is 40.8. The van der Waals surface area contributed by atoms with Crippen LogP contribution in [0.2, 0.25) is 0 Å². The minimum Gasteiger partial charge on any atom is -0.392 e. The molecule has 0 atom stereocenters. The topological polar surface area (TPSA) is 143 Å². The summed E-state index contributed by atoms with van der Waals surface area (Å²) >= 11 is 0. The molecule has 0 radical (unpaired) electrons. The van der Waals surface area contributed by atoms with E-state index in [1.165, 1.54) is 28.7 Å². The van der Waals surface area contributed by atoms with Crippen molar-refractivity contribution in [2.24, 2.45) is 21.1 Å². The molecular weight excluding hydrogens is 346 g/mol. The van der Waals surface area contributed by atoms with E-state index in [4.69, 9.17) is 5.11 Å². The lowest BCUT2D eigenvalue weighted by atomic mass is 10.5. The van der Waals surface area contributed by atoms with Gasteiger partial charge >= 0.3 is 11.5 Å². The highest BCUT2D eigenvalue weighted by Crippen LogP contribution is 2.12. The molecule has 1 N–H and O–H groups in total. The fourth-order valence-electron chi connectivity index (χ4n) is 2.45. The van der Waals surface area contributed by atoms with Gasteiger partial charge in [0.05, 0.1) is 12.9 Å². The molecule has 0 bridgehead atoms. The molecule has 0 fully saturated rings. The van der Waals surface area contributed by atoms with Gasteiger partial charge < -0.3 is 19.8 Å². The Balaban J connectivity index is 0.000000190. The van der Waals surface area contributed by atoms with E-state index in [0.717, 1.165) is 4.57 Å². The van der Waals surface area contributed by atoms with Crippen LogP contribution in [0.4, 0.5) is 5.82 Å². The second-order valence-electron chi connectivity index (χ2n) is 5.53. The third-order valence-corrected chi connectivity index (χ3v) is 3.86. The zero-order valence-electron chi connectivity index (χ0n) is 14.8. The average molecular weight is 365 g/mol. The molecule has 12 nitrogen and oxygen atoms in total. The Bertz CT molecular complexity index is 1070. The lowest BCUT2D eigenvalue weighted by Crippen LogP contribution is -2.37. The first-order valence-electron chi connectivity index (χ1n) is 7.55. The maximum atomic E-state index is 11.7. The number of hydrogen-bond donors (Lipinski definition) is 1. The molecule has 0 aliphatic rings. The van der Waals surface area contributed by atoms with Crippen molar-refractivity contribution in [3.63, 3.8) is 0 Å². The average Bonchev–Trinajstić information content (AvgIpc) is 3.16. The van der Waals surface area contributed by atoms with Gasteiger partial charge in [-0.1, -0.05) is 0 Å². The van der Waals surface area contributed by atoms with Gasteiger partial charge in [0.2, 0.25) is 0 Å². The molecule has 3 aromatic heterocycles. The van der Waals surface area contributed by atoms with Gasteiger partial charge in [-0.15, -0.1) is 0 Å². The van der Waals surface area contributed by atoms with Gasteiger partial charge in [-0.3, -0.25) is 13.9 Å². The molecule has 3 aromatic rings. The van der Waals surface area contributed by atoms with E-state index in [0.29, 0.717) is 17.0 Å². The van der Waals surface area contributed by atoms with Gasteiger partial charge in [-0.05, 0) is 4.92 Å². The lowest BCUT2D eigenvalue weighted by molar-refractivity contribution is -0.392.